The molecule has 1 saturated heterocycles. The first kappa shape index (κ1) is 33.5. The predicted octanol–water partition coefficient (Wildman–Crippen LogP) is 5.60. The Balaban J connectivity index is 1.33. The van der Waals surface area contributed by atoms with Crippen LogP contribution in [-0.2, 0) is 32.0 Å². The molecule has 0 radical (unpaired) electrons. The quantitative estimate of drug-likeness (QED) is 0.201. The highest BCUT2D eigenvalue weighted by atomic mass is 35.5. The molecule has 2 amide bonds. The number of nitrogens with one attached hydrogen (secondary N) is 1. The maximum atomic E-state index is 14.2. The molecule has 2 atom stereocenters. The first-order valence-electron chi connectivity index (χ1n) is 15.6. The fourth-order valence-electron chi connectivity index (χ4n) is 6.01. The highest BCUT2D eigenvalue weighted by Crippen LogP contribution is 2.34. The summed E-state index contributed by atoms with van der Waals surface area (Å²) >= 11 is 12.6. The van der Waals surface area contributed by atoms with Crippen molar-refractivity contribution in [2.75, 3.05) is 39.9 Å². The monoisotopic (exact) mass is 663 g/mol. The van der Waals surface area contributed by atoms with Gasteiger partial charge in [0.1, 0.15) is 5.75 Å². The van der Waals surface area contributed by atoms with Crippen molar-refractivity contribution < 1.29 is 23.9 Å². The smallest absolute Gasteiger partial charge is 0.303 e. The third-order valence-electron chi connectivity index (χ3n) is 8.41. The van der Waals surface area contributed by atoms with Crippen molar-refractivity contribution in [2.24, 2.45) is 0 Å². The van der Waals surface area contributed by atoms with E-state index in [9.17, 15) is 14.4 Å². The van der Waals surface area contributed by atoms with Crippen LogP contribution >= 0.6 is 23.2 Å². The third kappa shape index (κ3) is 8.49. The summed E-state index contributed by atoms with van der Waals surface area (Å²) in [7, 11) is 1.80. The maximum absolute atomic E-state index is 14.2. The van der Waals surface area contributed by atoms with Crippen LogP contribution in [0.2, 0.25) is 10.0 Å². The van der Waals surface area contributed by atoms with E-state index in [-0.39, 0.29) is 30.5 Å². The second-order valence-corrected chi connectivity index (χ2v) is 12.6. The largest absolute Gasteiger partial charge is 0.492 e. The minimum absolute atomic E-state index is 0.0401. The fourth-order valence-corrected chi connectivity index (χ4v) is 6.44. The minimum atomic E-state index is -0.501. The molecule has 2 aliphatic rings. The molecule has 2 heterocycles. The number of carbonyl (C=O) groups excluding carboxylic acids is 3. The van der Waals surface area contributed by atoms with E-state index in [1.165, 1.54) is 12.5 Å². The van der Waals surface area contributed by atoms with Crippen LogP contribution < -0.4 is 10.1 Å². The van der Waals surface area contributed by atoms with Crippen molar-refractivity contribution in [3.63, 3.8) is 0 Å². The van der Waals surface area contributed by atoms with E-state index in [1.807, 2.05) is 48.5 Å². The minimum Gasteiger partial charge on any atom is -0.492 e. The number of esters is 1. The van der Waals surface area contributed by atoms with Crippen molar-refractivity contribution in [1.29, 1.82) is 0 Å². The molecule has 1 fully saturated rings. The zero-order valence-electron chi connectivity index (χ0n) is 26.1. The van der Waals surface area contributed by atoms with Crippen LogP contribution in [0.1, 0.15) is 36.5 Å². The number of halogens is 2. The number of nitrogens with zero attached hydrogens (tertiary/aromatic N) is 2. The van der Waals surface area contributed by atoms with Gasteiger partial charge in [-0.3, -0.25) is 14.4 Å². The van der Waals surface area contributed by atoms with Crippen LogP contribution in [0.15, 0.2) is 78.4 Å². The molecule has 3 aromatic rings. The van der Waals surface area contributed by atoms with Crippen LogP contribution in [0.4, 0.5) is 0 Å². The van der Waals surface area contributed by atoms with Gasteiger partial charge in [0.2, 0.25) is 0 Å². The normalized spacial score (nSPS) is 17.4. The van der Waals surface area contributed by atoms with Gasteiger partial charge < -0.3 is 24.6 Å². The predicted molar refractivity (Wildman–Crippen MR) is 180 cm³/mol. The van der Waals surface area contributed by atoms with Gasteiger partial charge in [0.25, 0.3) is 11.8 Å². The summed E-state index contributed by atoms with van der Waals surface area (Å²) in [6.45, 7) is 2.79. The van der Waals surface area contributed by atoms with Gasteiger partial charge in [0, 0.05) is 50.2 Å². The van der Waals surface area contributed by atoms with Gasteiger partial charge in [-0.15, -0.1) is 0 Å². The lowest BCUT2D eigenvalue weighted by molar-refractivity contribution is -0.151. The highest BCUT2D eigenvalue weighted by Gasteiger charge is 2.40. The van der Waals surface area contributed by atoms with Crippen molar-refractivity contribution in [3.8, 4) is 5.75 Å². The SMILES string of the molecule is CC(=O)OCC(=O)N1C[C@H]2CC(c3ccc(CCCOc4ccccc4Cl)cc3)=C(C(=O)N(C)CCc3ccccc3Cl)[C@@H](C1)N2. The summed E-state index contributed by atoms with van der Waals surface area (Å²) < 4.78 is 10.8. The average molecular weight is 665 g/mol. The van der Waals surface area contributed by atoms with Gasteiger partial charge in [-0.1, -0.05) is 77.8 Å². The molecular weight excluding hydrogens is 625 g/mol. The second kappa shape index (κ2) is 15.6. The first-order valence-corrected chi connectivity index (χ1v) is 16.3. The van der Waals surface area contributed by atoms with Gasteiger partial charge >= 0.3 is 5.97 Å². The van der Waals surface area contributed by atoms with E-state index in [4.69, 9.17) is 32.7 Å². The number of benzene rings is 3. The van der Waals surface area contributed by atoms with Gasteiger partial charge in [-0.25, -0.2) is 0 Å². The topological polar surface area (TPSA) is 88.2 Å². The van der Waals surface area contributed by atoms with Gasteiger partial charge in [0.05, 0.1) is 17.7 Å². The molecule has 5 rings (SSSR count). The molecule has 46 heavy (non-hydrogen) atoms. The number of rotatable bonds is 12. The van der Waals surface area contributed by atoms with E-state index < -0.39 is 5.97 Å². The van der Waals surface area contributed by atoms with Crippen molar-refractivity contribution in [2.45, 2.75) is 44.7 Å². The molecule has 2 bridgehead atoms. The third-order valence-corrected chi connectivity index (χ3v) is 9.10. The van der Waals surface area contributed by atoms with Crippen LogP contribution in [0, 0.1) is 0 Å². The number of piperazine rings is 1. The summed E-state index contributed by atoms with van der Waals surface area (Å²) in [4.78, 5) is 41.8. The lowest BCUT2D eigenvalue weighted by Crippen LogP contribution is -2.62. The Morgan fingerprint density at radius 3 is 2.37 bits per heavy atom. The number of hydrogen-bond donors (Lipinski definition) is 1. The first-order chi connectivity index (χ1) is 22.2. The Hall–Kier alpha value is -3.85. The second-order valence-electron chi connectivity index (χ2n) is 11.7. The Kier molecular flexibility index (Phi) is 11.4. The molecule has 242 valence electrons. The van der Waals surface area contributed by atoms with Crippen molar-refractivity contribution >= 4 is 46.6 Å². The number of aryl methyl sites for hydroxylation is 1. The molecular formula is C36H39Cl2N3O5. The highest BCUT2D eigenvalue weighted by molar-refractivity contribution is 6.32. The Morgan fingerprint density at radius 1 is 0.935 bits per heavy atom. The molecule has 0 unspecified atom stereocenters. The average Bonchev–Trinajstić information content (AvgIpc) is 3.05. The van der Waals surface area contributed by atoms with Gasteiger partial charge in [-0.2, -0.15) is 0 Å². The summed E-state index contributed by atoms with van der Waals surface area (Å²) in [5, 5.41) is 4.86. The van der Waals surface area contributed by atoms with Crippen LogP contribution in [0.25, 0.3) is 5.57 Å². The van der Waals surface area contributed by atoms with E-state index in [1.54, 1.807) is 16.8 Å². The molecule has 10 heteroatoms. The Labute approximate surface area is 280 Å². The van der Waals surface area contributed by atoms with E-state index in [0.717, 1.165) is 29.5 Å². The number of para-hydroxylation sites is 1. The van der Waals surface area contributed by atoms with E-state index in [2.05, 4.69) is 29.6 Å². The number of fused-ring (bicyclic) bond motifs is 2. The van der Waals surface area contributed by atoms with Gasteiger partial charge in [-0.05, 0) is 66.1 Å². The molecule has 0 spiro atoms. The number of amides is 2. The fraction of sp³-hybridized carbons (Fsp3) is 0.361. The van der Waals surface area contributed by atoms with Crippen LogP contribution in [-0.4, -0.2) is 79.6 Å². The van der Waals surface area contributed by atoms with Crippen LogP contribution in [0.5, 0.6) is 5.75 Å². The summed E-state index contributed by atoms with van der Waals surface area (Å²) in [5.74, 6) is -0.174. The maximum Gasteiger partial charge on any atom is 0.303 e. The molecule has 8 nitrogen and oxygen atoms in total. The summed E-state index contributed by atoms with van der Waals surface area (Å²) in [6, 6.07) is 23.1. The number of carbonyl (C=O) groups is 3. The molecule has 0 aliphatic carbocycles. The Morgan fingerprint density at radius 2 is 1.65 bits per heavy atom. The summed E-state index contributed by atoms with van der Waals surface area (Å²) in [6.07, 6.45) is 2.87. The molecule has 2 aliphatic heterocycles. The molecule has 0 aromatic heterocycles. The summed E-state index contributed by atoms with van der Waals surface area (Å²) in [5.41, 5.74) is 4.80. The van der Waals surface area contributed by atoms with Crippen LogP contribution in [0.3, 0.4) is 0 Å². The lowest BCUT2D eigenvalue weighted by atomic mass is 9.82. The molecule has 1 N–H and O–H groups in total. The van der Waals surface area contributed by atoms with Gasteiger partial charge in [0.15, 0.2) is 6.61 Å². The van der Waals surface area contributed by atoms with E-state index >= 15 is 0 Å². The number of ether oxygens (including phenoxy) is 2. The standard InChI is InChI=1S/C36H39Cl2N3O5/c1-24(42)46-23-34(43)41-21-28-20-29(26-15-13-25(14-16-26)8-7-19-45-33-12-6-5-11-31(33)38)35(32(22-41)39-28)36(44)40(2)18-17-27-9-3-4-10-30(27)37/h3-6,9-16,28,32,39H,7-8,17-23H2,1-2H3/t28-,32-/m1/s1. The van der Waals surface area contributed by atoms with Crippen molar-refractivity contribution in [3.05, 3.63) is 105 Å². The lowest BCUT2D eigenvalue weighted by Gasteiger charge is -2.44. The van der Waals surface area contributed by atoms with E-state index in [0.29, 0.717) is 60.5 Å². The number of hydrogen-bond acceptors (Lipinski definition) is 6. The molecule has 3 aromatic carbocycles. The molecule has 0 saturated carbocycles. The zero-order chi connectivity index (χ0) is 32.6. The zero-order valence-corrected chi connectivity index (χ0v) is 27.7. The number of likely N-dealkylation sites (N-methyl/N-ethyl adjacent to an activating group) is 1. The Bertz CT molecular complexity index is 1590. The van der Waals surface area contributed by atoms with Crippen molar-refractivity contribution in [1.82, 2.24) is 15.1 Å².